The number of carbonyl (C=O) groups excluding carboxylic acids is 1. The minimum atomic E-state index is -0.636. The van der Waals surface area contributed by atoms with Gasteiger partial charge in [0.25, 0.3) is 0 Å². The molecule has 1 aromatic rings. The van der Waals surface area contributed by atoms with E-state index in [1.165, 1.54) is 19.8 Å². The summed E-state index contributed by atoms with van der Waals surface area (Å²) in [5.74, 6) is 1.23. The Morgan fingerprint density at radius 3 is 2.60 bits per heavy atom. The van der Waals surface area contributed by atoms with Gasteiger partial charge in [0.1, 0.15) is 5.38 Å². The van der Waals surface area contributed by atoms with E-state index in [0.717, 1.165) is 18.4 Å². The molecule has 0 spiro atoms. The molecule has 1 atom stereocenters. The third-order valence-electron chi connectivity index (χ3n) is 3.09. The molecule has 1 aromatic carbocycles. The average Bonchev–Trinajstić information content (AvgIpc) is 2.46. The Labute approximate surface area is 126 Å². The van der Waals surface area contributed by atoms with Crippen molar-refractivity contribution in [3.05, 3.63) is 23.8 Å². The summed E-state index contributed by atoms with van der Waals surface area (Å²) in [5.41, 5.74) is 0.739. The van der Waals surface area contributed by atoms with Gasteiger partial charge in [-0.3, -0.25) is 4.79 Å². The average molecular weight is 299 g/mol. The van der Waals surface area contributed by atoms with Gasteiger partial charge in [-0.2, -0.15) is 0 Å². The van der Waals surface area contributed by atoms with Gasteiger partial charge in [0, 0.05) is 0 Å². The lowest BCUT2D eigenvalue weighted by Gasteiger charge is -2.13. The Balaban J connectivity index is 2.71. The minimum absolute atomic E-state index is 0.0780. The van der Waals surface area contributed by atoms with Gasteiger partial charge in [-0.25, -0.2) is 0 Å². The molecule has 0 aliphatic carbocycles. The quantitative estimate of drug-likeness (QED) is 0.496. The van der Waals surface area contributed by atoms with Gasteiger partial charge in [0.05, 0.1) is 13.7 Å². The predicted octanol–water partition coefficient (Wildman–Crippen LogP) is 4.52. The molecule has 0 saturated heterocycles. The summed E-state index contributed by atoms with van der Waals surface area (Å²) in [4.78, 5) is 11.3. The number of halogens is 1. The lowest BCUT2D eigenvalue weighted by atomic mass is 10.1. The molecule has 4 heteroatoms. The van der Waals surface area contributed by atoms with Gasteiger partial charge in [0.15, 0.2) is 17.3 Å². The van der Waals surface area contributed by atoms with Crippen LogP contribution in [0.1, 0.15) is 50.5 Å². The highest BCUT2D eigenvalue weighted by molar-refractivity contribution is 6.30. The van der Waals surface area contributed by atoms with Crippen molar-refractivity contribution in [3.8, 4) is 11.5 Å². The molecule has 0 saturated carbocycles. The topological polar surface area (TPSA) is 35.5 Å². The fraction of sp³-hybridized carbons (Fsp3) is 0.562. The maximum Gasteiger partial charge on any atom is 0.161 e. The summed E-state index contributed by atoms with van der Waals surface area (Å²) in [6.07, 6.45) is 4.59. The van der Waals surface area contributed by atoms with E-state index in [-0.39, 0.29) is 5.78 Å². The fourth-order valence-electron chi connectivity index (χ4n) is 1.91. The third kappa shape index (κ3) is 5.04. The van der Waals surface area contributed by atoms with Gasteiger partial charge in [-0.05, 0) is 31.0 Å². The molecule has 1 unspecified atom stereocenters. The molecular weight excluding hydrogens is 276 g/mol. The Hall–Kier alpha value is -1.22. The monoisotopic (exact) mass is 298 g/mol. The van der Waals surface area contributed by atoms with Crippen LogP contribution in [0.3, 0.4) is 0 Å². The van der Waals surface area contributed by atoms with E-state index in [9.17, 15) is 4.79 Å². The number of hydrogen-bond donors (Lipinski definition) is 0. The molecular formula is C16H23ClO3. The van der Waals surface area contributed by atoms with Crippen molar-refractivity contribution < 1.29 is 14.3 Å². The Bertz CT molecular complexity index is 432. The minimum Gasteiger partial charge on any atom is -0.493 e. The van der Waals surface area contributed by atoms with Crippen molar-refractivity contribution in [2.24, 2.45) is 0 Å². The normalized spacial score (nSPS) is 12.0. The van der Waals surface area contributed by atoms with Crippen LogP contribution in [0.25, 0.3) is 0 Å². The van der Waals surface area contributed by atoms with E-state index in [1.54, 1.807) is 25.3 Å². The molecule has 0 aromatic heterocycles. The zero-order chi connectivity index (χ0) is 15.0. The van der Waals surface area contributed by atoms with Crippen LogP contribution in [0, 0.1) is 0 Å². The second-order valence-electron chi connectivity index (χ2n) is 4.79. The van der Waals surface area contributed by atoms with E-state index in [2.05, 4.69) is 6.92 Å². The van der Waals surface area contributed by atoms with Gasteiger partial charge >= 0.3 is 0 Å². The smallest absolute Gasteiger partial charge is 0.161 e. The first-order chi connectivity index (χ1) is 9.60. The summed E-state index contributed by atoms with van der Waals surface area (Å²) >= 11 is 6.07. The largest absolute Gasteiger partial charge is 0.493 e. The van der Waals surface area contributed by atoms with Crippen LogP contribution in [-0.4, -0.2) is 19.5 Å². The molecule has 0 N–H and O–H groups in total. The standard InChI is InChI=1S/C16H23ClO3/c1-4-5-6-7-10-20-15-11-13(16(17)12(2)18)8-9-14(15)19-3/h8-9,11,16H,4-7,10H2,1-3H3. The molecule has 0 aliphatic heterocycles. The van der Waals surface area contributed by atoms with Gasteiger partial charge in [-0.15, -0.1) is 11.6 Å². The second-order valence-corrected chi connectivity index (χ2v) is 5.23. The van der Waals surface area contributed by atoms with Gasteiger partial charge in [-0.1, -0.05) is 32.3 Å². The molecule has 3 nitrogen and oxygen atoms in total. The van der Waals surface area contributed by atoms with E-state index >= 15 is 0 Å². The van der Waals surface area contributed by atoms with E-state index < -0.39 is 5.38 Å². The van der Waals surface area contributed by atoms with Crippen LogP contribution in [0.5, 0.6) is 11.5 Å². The highest BCUT2D eigenvalue weighted by atomic mass is 35.5. The van der Waals surface area contributed by atoms with Crippen molar-refractivity contribution in [1.29, 1.82) is 0 Å². The van der Waals surface area contributed by atoms with Crippen LogP contribution >= 0.6 is 11.6 Å². The van der Waals surface area contributed by atoms with Crippen molar-refractivity contribution in [1.82, 2.24) is 0 Å². The van der Waals surface area contributed by atoms with Crippen molar-refractivity contribution >= 4 is 17.4 Å². The van der Waals surface area contributed by atoms with Crippen LogP contribution < -0.4 is 9.47 Å². The molecule has 1 rings (SSSR count). The lowest BCUT2D eigenvalue weighted by molar-refractivity contribution is -0.116. The fourth-order valence-corrected chi connectivity index (χ4v) is 2.05. The number of alkyl halides is 1. The maximum atomic E-state index is 11.3. The molecule has 0 bridgehead atoms. The number of hydrogen-bond acceptors (Lipinski definition) is 3. The highest BCUT2D eigenvalue weighted by Gasteiger charge is 2.15. The summed E-state index contributed by atoms with van der Waals surface area (Å²) in [6.45, 7) is 4.30. The van der Waals surface area contributed by atoms with E-state index in [4.69, 9.17) is 21.1 Å². The number of ketones is 1. The van der Waals surface area contributed by atoms with Crippen molar-refractivity contribution in [2.75, 3.05) is 13.7 Å². The zero-order valence-electron chi connectivity index (χ0n) is 12.4. The molecule has 0 radical (unpaired) electrons. The first-order valence-electron chi connectivity index (χ1n) is 7.05. The number of ether oxygens (including phenoxy) is 2. The SMILES string of the molecule is CCCCCCOc1cc(C(Cl)C(C)=O)ccc1OC. The highest BCUT2D eigenvalue weighted by Crippen LogP contribution is 2.32. The van der Waals surface area contributed by atoms with Crippen LogP contribution in [0.2, 0.25) is 0 Å². The lowest BCUT2D eigenvalue weighted by Crippen LogP contribution is -2.04. The number of Topliss-reactive ketones (excluding diaryl/α,β-unsaturated/α-hetero) is 1. The number of benzene rings is 1. The molecule has 0 amide bonds. The molecule has 0 aliphatic rings. The Morgan fingerprint density at radius 2 is 2.00 bits per heavy atom. The Kier molecular flexibility index (Phi) is 7.45. The van der Waals surface area contributed by atoms with E-state index in [0.29, 0.717) is 18.1 Å². The third-order valence-corrected chi connectivity index (χ3v) is 3.65. The summed E-state index contributed by atoms with van der Waals surface area (Å²) in [7, 11) is 1.60. The molecule has 0 heterocycles. The zero-order valence-corrected chi connectivity index (χ0v) is 13.2. The summed E-state index contributed by atoms with van der Waals surface area (Å²) in [5, 5.41) is -0.636. The Morgan fingerprint density at radius 1 is 1.25 bits per heavy atom. The van der Waals surface area contributed by atoms with Gasteiger partial charge < -0.3 is 9.47 Å². The predicted molar refractivity (Wildman–Crippen MR) is 81.9 cm³/mol. The van der Waals surface area contributed by atoms with E-state index in [1.807, 2.05) is 0 Å². The van der Waals surface area contributed by atoms with Crippen molar-refractivity contribution in [3.63, 3.8) is 0 Å². The molecule has 112 valence electrons. The first-order valence-corrected chi connectivity index (χ1v) is 7.49. The van der Waals surface area contributed by atoms with Crippen LogP contribution in [0.15, 0.2) is 18.2 Å². The number of unbranched alkanes of at least 4 members (excludes halogenated alkanes) is 3. The van der Waals surface area contributed by atoms with Crippen molar-refractivity contribution in [2.45, 2.75) is 44.9 Å². The molecule has 0 fully saturated rings. The molecule has 20 heavy (non-hydrogen) atoms. The maximum absolute atomic E-state index is 11.3. The van der Waals surface area contributed by atoms with Crippen LogP contribution in [0.4, 0.5) is 0 Å². The van der Waals surface area contributed by atoms with Crippen LogP contribution in [-0.2, 0) is 4.79 Å². The number of methoxy groups -OCH3 is 1. The number of rotatable bonds is 9. The summed E-state index contributed by atoms with van der Waals surface area (Å²) < 4.78 is 11.0. The second kappa shape index (κ2) is 8.85. The first kappa shape index (κ1) is 16.8. The van der Waals surface area contributed by atoms with Gasteiger partial charge in [0.2, 0.25) is 0 Å². The summed E-state index contributed by atoms with van der Waals surface area (Å²) in [6, 6.07) is 5.37. The number of carbonyl (C=O) groups is 1.